The lowest BCUT2D eigenvalue weighted by molar-refractivity contribution is -0.139. The van der Waals surface area contributed by atoms with Gasteiger partial charge in [0.25, 0.3) is 0 Å². The van der Waals surface area contributed by atoms with Crippen molar-refractivity contribution in [3.8, 4) is 0 Å². The number of aliphatic carboxylic acids is 1. The van der Waals surface area contributed by atoms with E-state index in [2.05, 4.69) is 10.6 Å². The van der Waals surface area contributed by atoms with Gasteiger partial charge in [-0.05, 0) is 6.42 Å². The molecular formula is C8H17N3O3. The quantitative estimate of drug-likeness (QED) is 0.467. The van der Waals surface area contributed by atoms with Gasteiger partial charge < -0.3 is 21.5 Å². The molecule has 0 fully saturated rings. The summed E-state index contributed by atoms with van der Waals surface area (Å²) in [6.07, 6.45) is 1.12. The number of hydrogen-bond acceptors (Lipinski definition) is 3. The molecular weight excluding hydrogens is 186 g/mol. The van der Waals surface area contributed by atoms with Gasteiger partial charge in [-0.1, -0.05) is 13.3 Å². The minimum atomic E-state index is -1.02. The first-order valence-corrected chi connectivity index (χ1v) is 4.59. The molecule has 0 rings (SSSR count). The second kappa shape index (κ2) is 7.14. The van der Waals surface area contributed by atoms with E-state index in [9.17, 15) is 9.59 Å². The average molecular weight is 203 g/mol. The summed E-state index contributed by atoms with van der Waals surface area (Å²) in [5.74, 6) is -1.02. The Kier molecular flexibility index (Phi) is 6.47. The Balaban J connectivity index is 3.90. The molecule has 0 heterocycles. The van der Waals surface area contributed by atoms with Crippen LogP contribution in [0.3, 0.4) is 0 Å². The zero-order valence-corrected chi connectivity index (χ0v) is 8.25. The summed E-state index contributed by atoms with van der Waals surface area (Å²) in [6.45, 7) is 2.53. The van der Waals surface area contributed by atoms with Crippen molar-refractivity contribution >= 4 is 12.0 Å². The number of rotatable bonds is 6. The normalized spacial score (nSPS) is 11.9. The molecule has 6 heteroatoms. The number of hydrogen-bond donors (Lipinski definition) is 4. The van der Waals surface area contributed by atoms with Crippen LogP contribution < -0.4 is 16.4 Å². The third kappa shape index (κ3) is 5.36. The van der Waals surface area contributed by atoms with Crippen LogP contribution in [0.15, 0.2) is 0 Å². The Labute approximate surface area is 82.9 Å². The fourth-order valence-electron chi connectivity index (χ4n) is 0.941. The Morgan fingerprint density at radius 2 is 2.14 bits per heavy atom. The van der Waals surface area contributed by atoms with Crippen molar-refractivity contribution in [2.24, 2.45) is 5.73 Å². The minimum absolute atomic E-state index is 0.332. The molecule has 0 aliphatic carbocycles. The van der Waals surface area contributed by atoms with Gasteiger partial charge >= 0.3 is 12.0 Å². The molecule has 0 radical (unpaired) electrons. The summed E-state index contributed by atoms with van der Waals surface area (Å²) in [6, 6.07) is -1.31. The molecule has 0 aliphatic heterocycles. The number of nitrogens with two attached hydrogens (primary N) is 1. The van der Waals surface area contributed by atoms with Crippen LogP contribution >= 0.6 is 0 Å². The van der Waals surface area contributed by atoms with Gasteiger partial charge in [-0.2, -0.15) is 0 Å². The highest BCUT2D eigenvalue weighted by Crippen LogP contribution is 1.96. The molecule has 0 unspecified atom stereocenters. The number of nitrogens with one attached hydrogen (secondary N) is 2. The Bertz CT molecular complexity index is 196. The van der Waals surface area contributed by atoms with Gasteiger partial charge in [0.2, 0.25) is 0 Å². The van der Waals surface area contributed by atoms with E-state index in [0.29, 0.717) is 25.9 Å². The van der Waals surface area contributed by atoms with E-state index in [-0.39, 0.29) is 0 Å². The second-order valence-corrected chi connectivity index (χ2v) is 2.87. The van der Waals surface area contributed by atoms with Crippen molar-refractivity contribution in [3.05, 3.63) is 0 Å². The lowest BCUT2D eigenvalue weighted by atomic mass is 10.2. The third-order valence-electron chi connectivity index (χ3n) is 1.61. The molecule has 0 spiro atoms. The fraction of sp³-hybridized carbons (Fsp3) is 0.750. The zero-order chi connectivity index (χ0) is 11.0. The molecule has 5 N–H and O–H groups in total. The summed E-state index contributed by atoms with van der Waals surface area (Å²) in [7, 11) is 0. The monoisotopic (exact) mass is 203 g/mol. The Morgan fingerprint density at radius 1 is 1.50 bits per heavy atom. The number of carboxylic acid groups (broad SMARTS) is 1. The molecule has 82 valence electrons. The number of urea groups is 1. The van der Waals surface area contributed by atoms with E-state index in [1.807, 2.05) is 6.92 Å². The maximum atomic E-state index is 11.1. The van der Waals surface area contributed by atoms with E-state index in [4.69, 9.17) is 10.8 Å². The van der Waals surface area contributed by atoms with Gasteiger partial charge in [-0.25, -0.2) is 9.59 Å². The molecule has 0 aromatic carbocycles. The van der Waals surface area contributed by atoms with Gasteiger partial charge in [-0.3, -0.25) is 0 Å². The topological polar surface area (TPSA) is 104 Å². The van der Waals surface area contributed by atoms with Crippen molar-refractivity contribution < 1.29 is 14.7 Å². The largest absolute Gasteiger partial charge is 0.480 e. The summed E-state index contributed by atoms with van der Waals surface area (Å²) in [5.41, 5.74) is 5.17. The molecule has 14 heavy (non-hydrogen) atoms. The zero-order valence-electron chi connectivity index (χ0n) is 8.25. The van der Waals surface area contributed by atoms with Crippen LogP contribution in [0.25, 0.3) is 0 Å². The maximum absolute atomic E-state index is 11.1. The minimum Gasteiger partial charge on any atom is -0.480 e. The van der Waals surface area contributed by atoms with Crippen molar-refractivity contribution in [2.45, 2.75) is 25.8 Å². The molecule has 0 saturated heterocycles. The molecule has 0 aliphatic rings. The van der Waals surface area contributed by atoms with Crippen molar-refractivity contribution in [1.82, 2.24) is 10.6 Å². The highest BCUT2D eigenvalue weighted by molar-refractivity contribution is 5.82. The van der Waals surface area contributed by atoms with Crippen LogP contribution in [0.5, 0.6) is 0 Å². The van der Waals surface area contributed by atoms with E-state index >= 15 is 0 Å². The summed E-state index contributed by atoms with van der Waals surface area (Å²) in [5, 5.41) is 13.5. The summed E-state index contributed by atoms with van der Waals surface area (Å²) >= 11 is 0. The highest BCUT2D eigenvalue weighted by atomic mass is 16.4. The molecule has 0 saturated carbocycles. The summed E-state index contributed by atoms with van der Waals surface area (Å²) in [4.78, 5) is 21.7. The van der Waals surface area contributed by atoms with Gasteiger partial charge in [-0.15, -0.1) is 0 Å². The number of carboxylic acids is 1. The van der Waals surface area contributed by atoms with Crippen LogP contribution in [-0.2, 0) is 4.79 Å². The molecule has 0 aromatic heterocycles. The molecule has 0 bridgehead atoms. The first-order valence-electron chi connectivity index (χ1n) is 4.59. The molecule has 6 nitrogen and oxygen atoms in total. The smallest absolute Gasteiger partial charge is 0.326 e. The fourth-order valence-corrected chi connectivity index (χ4v) is 0.941. The molecule has 2 amide bonds. The number of carbonyl (C=O) groups is 2. The summed E-state index contributed by atoms with van der Waals surface area (Å²) < 4.78 is 0. The molecule has 0 aromatic rings. The van der Waals surface area contributed by atoms with Crippen LogP contribution in [0.1, 0.15) is 19.8 Å². The van der Waals surface area contributed by atoms with Gasteiger partial charge in [0.05, 0.1) is 0 Å². The Hall–Kier alpha value is -1.30. The van der Waals surface area contributed by atoms with Gasteiger partial charge in [0.1, 0.15) is 6.04 Å². The molecule has 1 atom stereocenters. The second-order valence-electron chi connectivity index (χ2n) is 2.87. The highest BCUT2D eigenvalue weighted by Gasteiger charge is 2.17. The number of carbonyl (C=O) groups excluding carboxylic acids is 1. The first kappa shape index (κ1) is 12.7. The van der Waals surface area contributed by atoms with Crippen molar-refractivity contribution in [3.63, 3.8) is 0 Å². The van der Waals surface area contributed by atoms with E-state index in [0.717, 1.165) is 0 Å². The number of amides is 2. The van der Waals surface area contributed by atoms with E-state index in [1.54, 1.807) is 0 Å². The van der Waals surface area contributed by atoms with Crippen LogP contribution in [0.2, 0.25) is 0 Å². The maximum Gasteiger partial charge on any atom is 0.326 e. The van der Waals surface area contributed by atoms with Crippen LogP contribution in [0, 0.1) is 0 Å². The average Bonchev–Trinajstić information content (AvgIpc) is 2.14. The SMILES string of the molecule is CCC[C@H](NC(=O)NCCN)C(=O)O. The predicted octanol–water partition coefficient (Wildman–Crippen LogP) is -0.502. The van der Waals surface area contributed by atoms with Gasteiger partial charge in [0.15, 0.2) is 0 Å². The van der Waals surface area contributed by atoms with Crippen molar-refractivity contribution in [2.75, 3.05) is 13.1 Å². The lowest BCUT2D eigenvalue weighted by Crippen LogP contribution is -2.46. The van der Waals surface area contributed by atoms with E-state index in [1.165, 1.54) is 0 Å². The first-order chi connectivity index (χ1) is 6.61. The van der Waals surface area contributed by atoms with Crippen molar-refractivity contribution in [1.29, 1.82) is 0 Å². The Morgan fingerprint density at radius 3 is 2.57 bits per heavy atom. The van der Waals surface area contributed by atoms with E-state index < -0.39 is 18.0 Å². The van der Waals surface area contributed by atoms with Crippen LogP contribution in [-0.4, -0.2) is 36.2 Å². The predicted molar refractivity (Wildman–Crippen MR) is 51.9 cm³/mol. The standard InChI is InChI=1S/C8H17N3O3/c1-2-3-6(7(12)13)11-8(14)10-5-4-9/h6H,2-5,9H2,1H3,(H,12,13)(H2,10,11,14)/t6-/m0/s1. The van der Waals surface area contributed by atoms with Crippen LogP contribution in [0.4, 0.5) is 4.79 Å². The lowest BCUT2D eigenvalue weighted by Gasteiger charge is -2.13. The van der Waals surface area contributed by atoms with Gasteiger partial charge in [0, 0.05) is 13.1 Å². The third-order valence-corrected chi connectivity index (χ3v) is 1.61.